The fourth-order valence-corrected chi connectivity index (χ4v) is 2.33. The van der Waals surface area contributed by atoms with Crippen LogP contribution in [-0.4, -0.2) is 38.8 Å². The Hall–Kier alpha value is -2.94. The lowest BCUT2D eigenvalue weighted by atomic mass is 10.1. The zero-order chi connectivity index (χ0) is 18.0. The highest BCUT2D eigenvalue weighted by atomic mass is 19.3. The maximum absolute atomic E-state index is 13.4. The van der Waals surface area contributed by atoms with Crippen LogP contribution in [0.5, 0.6) is 0 Å². The first kappa shape index (κ1) is 16.9. The molecule has 2 aromatic heterocycles. The Labute approximate surface area is 139 Å². The molecular formula is C16H13F3N4O2. The van der Waals surface area contributed by atoms with Crippen LogP contribution in [0.4, 0.5) is 13.2 Å². The average Bonchev–Trinajstić information content (AvgIpc) is 3.03. The Morgan fingerprint density at radius 2 is 2.00 bits per heavy atom. The summed E-state index contributed by atoms with van der Waals surface area (Å²) in [5.74, 6) is -1.06. The molecule has 1 amide bonds. The maximum Gasteiger partial charge on any atom is 0.280 e. The first-order chi connectivity index (χ1) is 12.0. The molecule has 0 spiro atoms. The van der Waals surface area contributed by atoms with Crippen molar-refractivity contribution < 1.29 is 23.1 Å². The smallest absolute Gasteiger partial charge is 0.280 e. The highest BCUT2D eigenvalue weighted by Crippen LogP contribution is 2.26. The minimum absolute atomic E-state index is 0.000637. The monoisotopic (exact) mass is 350 g/mol. The Bertz CT molecular complexity index is 910. The topological polar surface area (TPSA) is 79.5 Å². The molecule has 3 rings (SSSR count). The predicted molar refractivity (Wildman–Crippen MR) is 82.8 cm³/mol. The van der Waals surface area contributed by atoms with Gasteiger partial charge in [-0.2, -0.15) is 5.10 Å². The van der Waals surface area contributed by atoms with Crippen LogP contribution in [-0.2, 0) is 0 Å². The van der Waals surface area contributed by atoms with Crippen molar-refractivity contribution >= 4 is 11.6 Å². The summed E-state index contributed by atoms with van der Waals surface area (Å²) in [5, 5.41) is 15.0. The van der Waals surface area contributed by atoms with Gasteiger partial charge < -0.3 is 10.4 Å². The van der Waals surface area contributed by atoms with E-state index in [1.54, 1.807) is 0 Å². The summed E-state index contributed by atoms with van der Waals surface area (Å²) in [6.45, 7) is -0.253. The molecule has 9 heteroatoms. The standard InChI is InChI=1S/C16H13F3N4O2/c17-10-3-1-9(2-4-10)12-7-13(14(18)19)23-15(22-12)11(8-21-23)16(25)20-5-6-24/h1-4,7-8,14,24H,5-6H2,(H,20,25). The number of hydrogen-bond acceptors (Lipinski definition) is 4. The van der Waals surface area contributed by atoms with Crippen LogP contribution >= 0.6 is 0 Å². The molecular weight excluding hydrogens is 337 g/mol. The fourth-order valence-electron chi connectivity index (χ4n) is 2.33. The molecule has 25 heavy (non-hydrogen) atoms. The van der Waals surface area contributed by atoms with Gasteiger partial charge in [-0.15, -0.1) is 0 Å². The van der Waals surface area contributed by atoms with Gasteiger partial charge >= 0.3 is 0 Å². The number of benzene rings is 1. The van der Waals surface area contributed by atoms with Gasteiger partial charge in [0, 0.05) is 12.1 Å². The summed E-state index contributed by atoms with van der Waals surface area (Å²) < 4.78 is 40.7. The molecule has 2 N–H and O–H groups in total. The molecule has 0 aliphatic carbocycles. The normalized spacial score (nSPS) is 11.2. The third-order valence-corrected chi connectivity index (χ3v) is 3.50. The van der Waals surface area contributed by atoms with Crippen LogP contribution in [0.2, 0.25) is 0 Å². The molecule has 0 aliphatic rings. The number of aromatic nitrogens is 3. The number of carbonyl (C=O) groups excluding carboxylic acids is 1. The number of aliphatic hydroxyl groups is 1. The van der Waals surface area contributed by atoms with E-state index in [1.807, 2.05) is 0 Å². The van der Waals surface area contributed by atoms with Gasteiger partial charge in [0.05, 0.1) is 18.5 Å². The van der Waals surface area contributed by atoms with E-state index in [1.165, 1.54) is 24.3 Å². The van der Waals surface area contributed by atoms with Crippen molar-refractivity contribution in [3.8, 4) is 11.3 Å². The first-order valence-corrected chi connectivity index (χ1v) is 7.33. The lowest BCUT2D eigenvalue weighted by Crippen LogP contribution is -2.26. The number of halogens is 3. The van der Waals surface area contributed by atoms with Gasteiger partial charge in [-0.05, 0) is 30.3 Å². The highest BCUT2D eigenvalue weighted by Gasteiger charge is 2.21. The molecule has 0 unspecified atom stereocenters. The van der Waals surface area contributed by atoms with Crippen LogP contribution in [0.1, 0.15) is 22.5 Å². The minimum Gasteiger partial charge on any atom is -0.395 e. The lowest BCUT2D eigenvalue weighted by Gasteiger charge is -2.08. The van der Waals surface area contributed by atoms with Crippen LogP contribution in [0, 0.1) is 5.82 Å². The van der Waals surface area contributed by atoms with Gasteiger partial charge in [0.15, 0.2) is 5.65 Å². The van der Waals surface area contributed by atoms with Crippen molar-refractivity contribution in [3.63, 3.8) is 0 Å². The van der Waals surface area contributed by atoms with Crippen molar-refractivity contribution in [2.45, 2.75) is 6.43 Å². The number of alkyl halides is 2. The van der Waals surface area contributed by atoms with Crippen molar-refractivity contribution in [1.29, 1.82) is 0 Å². The average molecular weight is 350 g/mol. The fraction of sp³-hybridized carbons (Fsp3) is 0.188. The Kier molecular flexibility index (Phi) is 4.66. The van der Waals surface area contributed by atoms with Gasteiger partial charge in [0.2, 0.25) is 0 Å². The molecule has 0 radical (unpaired) electrons. The second kappa shape index (κ2) is 6.89. The second-order valence-electron chi connectivity index (χ2n) is 5.15. The molecule has 1 aromatic carbocycles. The third kappa shape index (κ3) is 3.31. The molecule has 6 nitrogen and oxygen atoms in total. The van der Waals surface area contributed by atoms with E-state index in [0.717, 1.165) is 16.8 Å². The van der Waals surface area contributed by atoms with Crippen LogP contribution in [0.3, 0.4) is 0 Å². The van der Waals surface area contributed by atoms with Gasteiger partial charge in [-0.1, -0.05) is 0 Å². The van der Waals surface area contributed by atoms with Crippen LogP contribution in [0.25, 0.3) is 16.9 Å². The second-order valence-corrected chi connectivity index (χ2v) is 5.15. The van der Waals surface area contributed by atoms with Crippen LogP contribution < -0.4 is 5.32 Å². The summed E-state index contributed by atoms with van der Waals surface area (Å²) >= 11 is 0. The SMILES string of the molecule is O=C(NCCO)c1cnn2c(C(F)F)cc(-c3ccc(F)cc3)nc12. The molecule has 0 fully saturated rings. The van der Waals surface area contributed by atoms with Gasteiger partial charge in [0.25, 0.3) is 12.3 Å². The van der Waals surface area contributed by atoms with E-state index < -0.39 is 23.8 Å². The third-order valence-electron chi connectivity index (χ3n) is 3.50. The number of nitrogens with zero attached hydrogens (tertiary/aromatic N) is 3. The maximum atomic E-state index is 13.4. The van der Waals surface area contributed by atoms with E-state index >= 15 is 0 Å². The van der Waals surface area contributed by atoms with Crippen LogP contribution in [0.15, 0.2) is 36.5 Å². The number of rotatable bonds is 5. The first-order valence-electron chi connectivity index (χ1n) is 7.33. The molecule has 0 saturated carbocycles. The number of amides is 1. The Balaban J connectivity index is 2.16. The summed E-state index contributed by atoms with van der Waals surface area (Å²) in [4.78, 5) is 16.3. The minimum atomic E-state index is -2.85. The molecule has 0 aliphatic heterocycles. The van der Waals surface area contributed by atoms with Crippen molar-refractivity contribution in [1.82, 2.24) is 19.9 Å². The number of fused-ring (bicyclic) bond motifs is 1. The summed E-state index contributed by atoms with van der Waals surface area (Å²) in [6.07, 6.45) is -1.71. The van der Waals surface area contributed by atoms with Gasteiger partial charge in [0.1, 0.15) is 17.1 Å². The zero-order valence-corrected chi connectivity index (χ0v) is 12.8. The molecule has 3 aromatic rings. The number of nitrogens with one attached hydrogen (secondary N) is 1. The van der Waals surface area contributed by atoms with Crippen molar-refractivity contribution in [2.75, 3.05) is 13.2 Å². The van der Waals surface area contributed by atoms with E-state index in [4.69, 9.17) is 5.11 Å². The van der Waals surface area contributed by atoms with E-state index in [-0.39, 0.29) is 30.1 Å². The number of carbonyl (C=O) groups is 1. The number of aliphatic hydroxyl groups excluding tert-OH is 1. The Morgan fingerprint density at radius 1 is 1.28 bits per heavy atom. The highest BCUT2D eigenvalue weighted by molar-refractivity contribution is 5.99. The molecule has 130 valence electrons. The molecule has 0 saturated heterocycles. The Morgan fingerprint density at radius 3 is 2.64 bits per heavy atom. The van der Waals surface area contributed by atoms with E-state index in [2.05, 4.69) is 15.4 Å². The quantitative estimate of drug-likeness (QED) is 0.739. The molecule has 0 bridgehead atoms. The number of hydrogen-bond donors (Lipinski definition) is 2. The summed E-state index contributed by atoms with van der Waals surface area (Å²) in [6, 6.07) is 6.34. The van der Waals surface area contributed by atoms with Crippen molar-refractivity contribution in [2.24, 2.45) is 0 Å². The molecule has 0 atom stereocenters. The summed E-state index contributed by atoms with van der Waals surface area (Å²) in [7, 11) is 0. The van der Waals surface area contributed by atoms with E-state index in [0.29, 0.717) is 5.56 Å². The zero-order valence-electron chi connectivity index (χ0n) is 12.8. The van der Waals surface area contributed by atoms with E-state index in [9.17, 15) is 18.0 Å². The van der Waals surface area contributed by atoms with Gasteiger partial charge in [-0.25, -0.2) is 22.7 Å². The van der Waals surface area contributed by atoms with Crippen molar-refractivity contribution in [3.05, 3.63) is 53.6 Å². The lowest BCUT2D eigenvalue weighted by molar-refractivity contribution is 0.0946. The predicted octanol–water partition coefficient (Wildman–Crippen LogP) is 2.20. The molecule has 2 heterocycles. The van der Waals surface area contributed by atoms with Gasteiger partial charge in [-0.3, -0.25) is 4.79 Å². The largest absolute Gasteiger partial charge is 0.395 e. The summed E-state index contributed by atoms with van der Waals surface area (Å²) in [5.41, 5.74) is 0.102.